The van der Waals surface area contributed by atoms with Crippen LogP contribution in [0.5, 0.6) is 11.5 Å². The second-order valence-corrected chi connectivity index (χ2v) is 6.53. The van der Waals surface area contributed by atoms with Crippen LogP contribution in [0, 0.1) is 6.92 Å². The van der Waals surface area contributed by atoms with Gasteiger partial charge in [-0.25, -0.2) is 4.79 Å². The number of carbonyl (C=O) groups excluding carboxylic acids is 2. The molecule has 0 unspecified atom stereocenters. The van der Waals surface area contributed by atoms with E-state index in [0.29, 0.717) is 23.8 Å². The van der Waals surface area contributed by atoms with Gasteiger partial charge < -0.3 is 19.5 Å². The zero-order valence-corrected chi connectivity index (χ0v) is 17.2. The van der Waals surface area contributed by atoms with Gasteiger partial charge in [0.2, 0.25) is 0 Å². The maximum absolute atomic E-state index is 12.2. The van der Waals surface area contributed by atoms with Gasteiger partial charge in [-0.05, 0) is 56.2 Å². The third-order valence-corrected chi connectivity index (χ3v) is 4.04. The Labute approximate surface area is 171 Å². The summed E-state index contributed by atoms with van der Waals surface area (Å²) in [4.78, 5) is 24.2. The third kappa shape index (κ3) is 6.99. The molecule has 29 heavy (non-hydrogen) atoms. The van der Waals surface area contributed by atoms with Crippen LogP contribution >= 0.6 is 0 Å². The quantitative estimate of drug-likeness (QED) is 0.502. The Hall–Kier alpha value is -3.28. The van der Waals surface area contributed by atoms with Gasteiger partial charge in [0.15, 0.2) is 17.6 Å². The largest absolute Gasteiger partial charge is 0.493 e. The molecule has 0 radical (unpaired) electrons. The van der Waals surface area contributed by atoms with Gasteiger partial charge in [-0.15, -0.1) is 0 Å². The number of anilines is 1. The number of amides is 1. The number of methoxy groups -OCH3 is 1. The van der Waals surface area contributed by atoms with Crippen molar-refractivity contribution in [3.05, 3.63) is 59.7 Å². The molecule has 0 heterocycles. The van der Waals surface area contributed by atoms with Crippen molar-refractivity contribution in [2.24, 2.45) is 0 Å². The van der Waals surface area contributed by atoms with Gasteiger partial charge in [0.05, 0.1) is 13.7 Å². The molecule has 2 aromatic rings. The van der Waals surface area contributed by atoms with Crippen molar-refractivity contribution in [3.8, 4) is 11.5 Å². The molecule has 2 aromatic carbocycles. The summed E-state index contributed by atoms with van der Waals surface area (Å²) in [5.74, 6) is 0.229. The van der Waals surface area contributed by atoms with Crippen LogP contribution in [0.4, 0.5) is 5.69 Å². The molecule has 6 nitrogen and oxygen atoms in total. The molecule has 0 saturated carbocycles. The topological polar surface area (TPSA) is 73.9 Å². The Morgan fingerprint density at radius 3 is 2.48 bits per heavy atom. The van der Waals surface area contributed by atoms with Crippen molar-refractivity contribution in [2.45, 2.75) is 33.3 Å². The summed E-state index contributed by atoms with van der Waals surface area (Å²) in [6.45, 7) is 6.11. The first-order valence-corrected chi connectivity index (χ1v) is 9.50. The van der Waals surface area contributed by atoms with Crippen LogP contribution in [-0.4, -0.2) is 31.7 Å². The standard InChI is InChI=1S/C23H27NO5/c1-5-14-28-20-12-8-18(15-21(20)27-4)9-13-22(25)29-17(3)23(26)24-19-10-6-16(2)7-11-19/h6-13,15,17H,5,14H2,1-4H3,(H,24,26)/b13-9+/t17-/m0/s1. The number of aryl methyl sites for hydroxylation is 1. The lowest BCUT2D eigenvalue weighted by Gasteiger charge is -2.12. The van der Waals surface area contributed by atoms with E-state index in [2.05, 4.69) is 5.32 Å². The molecule has 0 aliphatic rings. The molecule has 154 valence electrons. The van der Waals surface area contributed by atoms with E-state index in [1.165, 1.54) is 13.0 Å². The number of hydrogen-bond acceptors (Lipinski definition) is 5. The maximum Gasteiger partial charge on any atom is 0.331 e. The molecule has 6 heteroatoms. The van der Waals surface area contributed by atoms with E-state index < -0.39 is 18.0 Å². The highest BCUT2D eigenvalue weighted by Crippen LogP contribution is 2.28. The summed E-state index contributed by atoms with van der Waals surface area (Å²) in [6, 6.07) is 12.7. The number of benzene rings is 2. The molecule has 0 aliphatic heterocycles. The highest BCUT2D eigenvalue weighted by atomic mass is 16.5. The summed E-state index contributed by atoms with van der Waals surface area (Å²) in [7, 11) is 1.56. The summed E-state index contributed by atoms with van der Waals surface area (Å²) in [5.41, 5.74) is 2.49. The van der Waals surface area contributed by atoms with E-state index in [1.807, 2.05) is 32.0 Å². The van der Waals surface area contributed by atoms with E-state index in [4.69, 9.17) is 14.2 Å². The fourth-order valence-electron chi connectivity index (χ4n) is 2.43. The minimum atomic E-state index is -0.923. The predicted octanol–water partition coefficient (Wildman–Crippen LogP) is 4.38. The molecule has 0 aromatic heterocycles. The molecule has 0 aliphatic carbocycles. The maximum atomic E-state index is 12.2. The summed E-state index contributed by atoms with van der Waals surface area (Å²) >= 11 is 0. The lowest BCUT2D eigenvalue weighted by atomic mass is 10.2. The highest BCUT2D eigenvalue weighted by molar-refractivity contribution is 5.96. The van der Waals surface area contributed by atoms with Crippen LogP contribution in [0.2, 0.25) is 0 Å². The molecule has 1 atom stereocenters. The molecule has 0 bridgehead atoms. The van der Waals surface area contributed by atoms with Gasteiger partial charge in [0, 0.05) is 11.8 Å². The average Bonchev–Trinajstić information content (AvgIpc) is 2.72. The monoisotopic (exact) mass is 397 g/mol. The minimum Gasteiger partial charge on any atom is -0.493 e. The summed E-state index contributed by atoms with van der Waals surface area (Å²) < 4.78 is 16.1. The zero-order chi connectivity index (χ0) is 21.2. The van der Waals surface area contributed by atoms with Crippen molar-refractivity contribution >= 4 is 23.6 Å². The first kappa shape index (κ1) is 22.0. The number of ether oxygens (including phenoxy) is 3. The van der Waals surface area contributed by atoms with Gasteiger partial charge in [-0.3, -0.25) is 4.79 Å². The first-order chi connectivity index (χ1) is 13.9. The van der Waals surface area contributed by atoms with Crippen LogP contribution in [0.15, 0.2) is 48.5 Å². The van der Waals surface area contributed by atoms with Gasteiger partial charge in [0.25, 0.3) is 5.91 Å². The van der Waals surface area contributed by atoms with E-state index in [-0.39, 0.29) is 0 Å². The SMILES string of the molecule is CCCOc1ccc(/C=C/C(=O)O[C@@H](C)C(=O)Nc2ccc(C)cc2)cc1OC. The molecule has 1 amide bonds. The molecule has 0 spiro atoms. The van der Waals surface area contributed by atoms with Crippen molar-refractivity contribution in [1.29, 1.82) is 0 Å². The average molecular weight is 397 g/mol. The first-order valence-electron chi connectivity index (χ1n) is 9.50. The molecule has 2 rings (SSSR count). The molecular formula is C23H27NO5. The lowest BCUT2D eigenvalue weighted by Crippen LogP contribution is -2.29. The Morgan fingerprint density at radius 1 is 1.10 bits per heavy atom. The van der Waals surface area contributed by atoms with Crippen molar-refractivity contribution in [1.82, 2.24) is 0 Å². The van der Waals surface area contributed by atoms with E-state index >= 15 is 0 Å². The third-order valence-electron chi connectivity index (χ3n) is 4.04. The zero-order valence-electron chi connectivity index (χ0n) is 17.2. The normalized spacial score (nSPS) is 11.7. The second kappa shape index (κ2) is 10.9. The molecule has 0 fully saturated rings. The molecular weight excluding hydrogens is 370 g/mol. The Morgan fingerprint density at radius 2 is 1.83 bits per heavy atom. The number of hydrogen-bond donors (Lipinski definition) is 1. The van der Waals surface area contributed by atoms with Crippen LogP contribution in [0.3, 0.4) is 0 Å². The van der Waals surface area contributed by atoms with E-state index in [9.17, 15) is 9.59 Å². The van der Waals surface area contributed by atoms with Crippen molar-refractivity contribution < 1.29 is 23.8 Å². The van der Waals surface area contributed by atoms with Crippen LogP contribution < -0.4 is 14.8 Å². The summed E-state index contributed by atoms with van der Waals surface area (Å²) in [6.07, 6.45) is 2.84. The van der Waals surface area contributed by atoms with Gasteiger partial charge in [-0.2, -0.15) is 0 Å². The van der Waals surface area contributed by atoms with E-state index in [0.717, 1.165) is 17.5 Å². The Bertz CT molecular complexity index is 858. The van der Waals surface area contributed by atoms with E-state index in [1.54, 1.807) is 37.5 Å². The lowest BCUT2D eigenvalue weighted by molar-refractivity contribution is -0.148. The fraction of sp³-hybridized carbons (Fsp3) is 0.304. The van der Waals surface area contributed by atoms with Crippen LogP contribution in [0.25, 0.3) is 6.08 Å². The number of nitrogens with one attached hydrogen (secondary N) is 1. The summed E-state index contributed by atoms with van der Waals surface area (Å²) in [5, 5.41) is 2.72. The Balaban J connectivity index is 1.92. The predicted molar refractivity (Wildman–Crippen MR) is 113 cm³/mol. The van der Waals surface area contributed by atoms with Gasteiger partial charge in [0.1, 0.15) is 0 Å². The van der Waals surface area contributed by atoms with Crippen LogP contribution in [-0.2, 0) is 14.3 Å². The highest BCUT2D eigenvalue weighted by Gasteiger charge is 2.16. The Kier molecular flexibility index (Phi) is 8.27. The van der Waals surface area contributed by atoms with Crippen molar-refractivity contribution in [3.63, 3.8) is 0 Å². The number of carbonyl (C=O) groups is 2. The van der Waals surface area contributed by atoms with Crippen LogP contribution in [0.1, 0.15) is 31.4 Å². The van der Waals surface area contributed by atoms with Crippen molar-refractivity contribution in [2.75, 3.05) is 19.0 Å². The number of rotatable bonds is 9. The fourth-order valence-corrected chi connectivity index (χ4v) is 2.43. The number of esters is 1. The smallest absolute Gasteiger partial charge is 0.331 e. The molecule has 0 saturated heterocycles. The van der Waals surface area contributed by atoms with Gasteiger partial charge >= 0.3 is 5.97 Å². The van der Waals surface area contributed by atoms with Gasteiger partial charge in [-0.1, -0.05) is 30.7 Å². The second-order valence-electron chi connectivity index (χ2n) is 6.53. The minimum absolute atomic E-state index is 0.394. The molecule has 1 N–H and O–H groups in total.